The number of amides is 1. The number of hydrogen-bond donors (Lipinski definition) is 0. The largest absolute Gasteiger partial charge is 0.416 e. The predicted octanol–water partition coefficient (Wildman–Crippen LogP) is 5.68. The van der Waals surface area contributed by atoms with Crippen LogP contribution in [0.1, 0.15) is 36.9 Å². The van der Waals surface area contributed by atoms with Gasteiger partial charge in [-0.3, -0.25) is 4.79 Å². The van der Waals surface area contributed by atoms with Crippen LogP contribution >= 0.6 is 11.6 Å². The van der Waals surface area contributed by atoms with E-state index in [0.717, 1.165) is 31.0 Å². The average Bonchev–Trinajstić information content (AvgIpc) is 3.41. The number of alkyl halides is 3. The Balaban J connectivity index is 1.74. The Labute approximate surface area is 211 Å². The lowest BCUT2D eigenvalue weighted by Gasteiger charge is -2.38. The molecule has 4 rings (SSSR count). The Morgan fingerprint density at radius 1 is 1.17 bits per heavy atom. The molecule has 11 heteroatoms. The van der Waals surface area contributed by atoms with E-state index in [1.54, 1.807) is 4.90 Å². The monoisotopic (exact) mass is 530 g/mol. The van der Waals surface area contributed by atoms with Crippen LogP contribution in [0.15, 0.2) is 24.3 Å². The second kappa shape index (κ2) is 10.1. The van der Waals surface area contributed by atoms with Gasteiger partial charge in [0.2, 0.25) is 5.91 Å². The van der Waals surface area contributed by atoms with Gasteiger partial charge in [0, 0.05) is 18.3 Å². The van der Waals surface area contributed by atoms with E-state index in [2.05, 4.69) is 4.98 Å². The van der Waals surface area contributed by atoms with Gasteiger partial charge in [0.15, 0.2) is 5.82 Å². The number of anilines is 2. The van der Waals surface area contributed by atoms with Crippen LogP contribution in [0.2, 0.25) is 5.02 Å². The van der Waals surface area contributed by atoms with Crippen LogP contribution in [-0.4, -0.2) is 55.1 Å². The number of hydrogen-bond acceptors (Lipinski definition) is 4. The molecule has 0 radical (unpaired) electrons. The molecule has 0 N–H and O–H groups in total. The van der Waals surface area contributed by atoms with Crippen molar-refractivity contribution < 1.29 is 26.7 Å². The number of benzene rings is 1. The number of carbonyl (C=O) groups excluding carboxylic acids is 1. The molecule has 0 unspecified atom stereocenters. The van der Waals surface area contributed by atoms with E-state index in [4.69, 9.17) is 11.6 Å². The summed E-state index contributed by atoms with van der Waals surface area (Å²) >= 11 is 5.82. The third-order valence-electron chi connectivity index (χ3n) is 6.93. The molecule has 196 valence electrons. The first-order chi connectivity index (χ1) is 16.9. The lowest BCUT2D eigenvalue weighted by Crippen LogP contribution is -2.53. The van der Waals surface area contributed by atoms with Gasteiger partial charge in [0.1, 0.15) is 22.7 Å². The molecule has 1 amide bonds. The van der Waals surface area contributed by atoms with Gasteiger partial charge in [0.05, 0.1) is 11.3 Å². The minimum atomic E-state index is -4.56. The molecule has 2 fully saturated rings. The highest BCUT2D eigenvalue weighted by Gasteiger charge is 2.51. The van der Waals surface area contributed by atoms with Gasteiger partial charge < -0.3 is 14.7 Å². The molecular weight excluding hydrogens is 503 g/mol. The molecule has 2 aliphatic rings. The first kappa shape index (κ1) is 26.6. The molecule has 0 spiro atoms. The van der Waals surface area contributed by atoms with Crippen molar-refractivity contribution in [2.24, 2.45) is 5.92 Å². The summed E-state index contributed by atoms with van der Waals surface area (Å²) in [6.07, 6.45) is -1.98. The van der Waals surface area contributed by atoms with Crippen molar-refractivity contribution >= 4 is 29.0 Å². The van der Waals surface area contributed by atoms with Crippen LogP contribution < -0.4 is 9.80 Å². The Kier molecular flexibility index (Phi) is 7.48. The van der Waals surface area contributed by atoms with Crippen LogP contribution in [0.5, 0.6) is 0 Å². The molecular formula is C25H28ClF5N4O. The van der Waals surface area contributed by atoms with Crippen LogP contribution in [0, 0.1) is 24.5 Å². The van der Waals surface area contributed by atoms with Gasteiger partial charge in [-0.15, -0.1) is 0 Å². The maximum absolute atomic E-state index is 15.1. The normalized spacial score (nSPS) is 21.5. The average molecular weight is 531 g/mol. The van der Waals surface area contributed by atoms with E-state index in [9.17, 15) is 22.4 Å². The van der Waals surface area contributed by atoms with Gasteiger partial charge in [0.25, 0.3) is 0 Å². The van der Waals surface area contributed by atoms with E-state index in [-0.39, 0.29) is 35.7 Å². The molecule has 3 atom stereocenters. The number of rotatable bonds is 7. The molecule has 2 heterocycles. The summed E-state index contributed by atoms with van der Waals surface area (Å²) in [5, 5.41) is -0.710. The number of halogens is 6. The summed E-state index contributed by atoms with van der Waals surface area (Å²) in [4.78, 5) is 23.2. The molecule has 2 aromatic rings. The summed E-state index contributed by atoms with van der Waals surface area (Å²) in [7, 11) is 3.72. The lowest BCUT2D eigenvalue weighted by atomic mass is 9.96. The highest BCUT2D eigenvalue weighted by atomic mass is 35.5. The van der Waals surface area contributed by atoms with E-state index in [1.807, 2.05) is 19.0 Å². The van der Waals surface area contributed by atoms with Crippen LogP contribution in [0.4, 0.5) is 33.5 Å². The minimum Gasteiger partial charge on any atom is -0.341 e. The second-order valence-corrected chi connectivity index (χ2v) is 10.2. The predicted molar refractivity (Wildman–Crippen MR) is 128 cm³/mol. The topological polar surface area (TPSA) is 39.7 Å². The van der Waals surface area contributed by atoms with Crippen molar-refractivity contribution in [3.8, 4) is 0 Å². The maximum Gasteiger partial charge on any atom is 0.416 e. The summed E-state index contributed by atoms with van der Waals surface area (Å²) in [5.41, 5.74) is -0.799. The fourth-order valence-electron chi connectivity index (χ4n) is 5.36. The first-order valence-electron chi connectivity index (χ1n) is 11.8. The van der Waals surface area contributed by atoms with Crippen LogP contribution in [0.3, 0.4) is 0 Å². The molecule has 2 bridgehead atoms. The third kappa shape index (κ3) is 5.16. The molecule has 1 aromatic carbocycles. The van der Waals surface area contributed by atoms with Gasteiger partial charge in [-0.2, -0.15) is 13.2 Å². The zero-order chi connectivity index (χ0) is 26.4. The fourth-order valence-corrected chi connectivity index (χ4v) is 5.52. The second-order valence-electron chi connectivity index (χ2n) is 9.77. The molecule has 1 aromatic heterocycles. The van der Waals surface area contributed by atoms with Crippen molar-refractivity contribution in [1.29, 1.82) is 0 Å². The van der Waals surface area contributed by atoms with Crippen molar-refractivity contribution in [2.45, 2.75) is 50.9 Å². The van der Waals surface area contributed by atoms with Crippen LogP contribution in [-0.2, 0) is 11.0 Å². The molecule has 1 aliphatic carbocycles. The fraction of sp³-hybridized carbons (Fsp3) is 0.520. The summed E-state index contributed by atoms with van der Waals surface area (Å²) in [5.74, 6) is -2.48. The van der Waals surface area contributed by atoms with Crippen molar-refractivity contribution in [3.63, 3.8) is 0 Å². The van der Waals surface area contributed by atoms with E-state index < -0.39 is 40.3 Å². The Morgan fingerprint density at radius 3 is 2.56 bits per heavy atom. The zero-order valence-electron chi connectivity index (χ0n) is 20.2. The van der Waals surface area contributed by atoms with Crippen LogP contribution in [0.25, 0.3) is 0 Å². The third-order valence-corrected chi connectivity index (χ3v) is 7.28. The molecule has 1 saturated carbocycles. The van der Waals surface area contributed by atoms with Gasteiger partial charge >= 0.3 is 6.18 Å². The highest BCUT2D eigenvalue weighted by molar-refractivity contribution is 6.31. The van der Waals surface area contributed by atoms with Gasteiger partial charge in [-0.1, -0.05) is 11.6 Å². The molecule has 1 aliphatic heterocycles. The number of pyridine rings is 1. The quantitative estimate of drug-likeness (QED) is 0.341. The summed E-state index contributed by atoms with van der Waals surface area (Å²) in [6, 6.07) is 3.15. The smallest absolute Gasteiger partial charge is 0.341 e. The number of piperidine rings is 1. The Morgan fingerprint density at radius 2 is 1.89 bits per heavy atom. The molecule has 1 saturated heterocycles. The van der Waals surface area contributed by atoms with Gasteiger partial charge in [-0.25, -0.2) is 13.8 Å². The number of aryl methyl sites for hydroxylation is 1. The SMILES string of the molecule is Cc1cc(C(F)(F)F)cc(N2[C@@H]3CC[C@@H](C3)[C@H]2C(=O)N(CCCN(C)C)c2ccc(F)c(Cl)c2F)n1. The highest BCUT2D eigenvalue weighted by Crippen LogP contribution is 2.46. The Bertz CT molecular complexity index is 1140. The molecule has 36 heavy (non-hydrogen) atoms. The Hall–Kier alpha value is -2.46. The number of carbonyl (C=O) groups is 1. The number of fused-ring (bicyclic) bond motifs is 2. The van der Waals surface area contributed by atoms with Crippen molar-refractivity contribution in [2.75, 3.05) is 37.0 Å². The van der Waals surface area contributed by atoms with E-state index in [1.165, 1.54) is 17.9 Å². The minimum absolute atomic E-state index is 0.0822. The number of aromatic nitrogens is 1. The van der Waals surface area contributed by atoms with Crippen molar-refractivity contribution in [1.82, 2.24) is 9.88 Å². The first-order valence-corrected chi connectivity index (χ1v) is 12.2. The number of nitrogens with zero attached hydrogens (tertiary/aromatic N) is 4. The van der Waals surface area contributed by atoms with E-state index >= 15 is 4.39 Å². The summed E-state index contributed by atoms with van der Waals surface area (Å²) < 4.78 is 69.5. The maximum atomic E-state index is 15.1. The lowest BCUT2D eigenvalue weighted by molar-refractivity contribution is -0.137. The summed E-state index contributed by atoms with van der Waals surface area (Å²) in [6.45, 7) is 2.22. The van der Waals surface area contributed by atoms with Crippen molar-refractivity contribution in [3.05, 3.63) is 52.2 Å². The standard InChI is InChI=1S/C25H28ClF5N4O/c1-14-11-16(25(29,30)31)13-20(32-14)35-17-6-5-15(12-17)23(35)24(36)34(10-4-9-33(2)3)19-8-7-18(27)21(26)22(19)28/h7-8,11,13,15,17,23H,4-6,9-10,12H2,1-3H3/t15-,17+,23-/m0/s1. The zero-order valence-corrected chi connectivity index (χ0v) is 21.0. The van der Waals surface area contributed by atoms with E-state index in [0.29, 0.717) is 19.4 Å². The molecule has 5 nitrogen and oxygen atoms in total. The van der Waals surface area contributed by atoms with Gasteiger partial charge in [-0.05, 0) is 83.4 Å².